The number of aromatic nitrogens is 1. The molecule has 4 N–H and O–H groups in total. The first-order chi connectivity index (χ1) is 7.16. The van der Waals surface area contributed by atoms with E-state index in [-0.39, 0.29) is 5.96 Å². The molecular weight excluding hydrogens is 194 g/mol. The van der Waals surface area contributed by atoms with Gasteiger partial charge in [0.25, 0.3) is 0 Å². The number of carbonyl (C=O) groups is 1. The lowest BCUT2D eigenvalue weighted by Crippen LogP contribution is -2.47. The minimum absolute atomic E-state index is 0.330. The highest BCUT2D eigenvalue weighted by molar-refractivity contribution is 6.13. The summed E-state index contributed by atoms with van der Waals surface area (Å²) in [5.74, 6) is -0.0319. The van der Waals surface area contributed by atoms with Gasteiger partial charge in [-0.15, -0.1) is 0 Å². The lowest BCUT2D eigenvalue weighted by molar-refractivity contribution is 0.249. The number of guanidine groups is 1. The predicted octanol–water partition coefficient (Wildman–Crippen LogP) is 0.511. The lowest BCUT2D eigenvalue weighted by Gasteiger charge is -2.19. The molecule has 0 saturated carbocycles. The molecule has 0 unspecified atom stereocenters. The molecule has 15 heavy (non-hydrogen) atoms. The van der Waals surface area contributed by atoms with Gasteiger partial charge in [0, 0.05) is 12.7 Å². The number of anilines is 1. The number of rotatable bonds is 2. The van der Waals surface area contributed by atoms with Crippen LogP contribution in [0.25, 0.3) is 0 Å². The standard InChI is InChI=1S/C9H13N5O/c1-2-12-9(15)14(8(10)11)7-5-3-4-6-13-7/h3-6H,2H2,1H3,(H3,10,11)(H,12,15). The van der Waals surface area contributed by atoms with Crippen molar-refractivity contribution in [1.29, 1.82) is 5.41 Å². The highest BCUT2D eigenvalue weighted by atomic mass is 16.2. The van der Waals surface area contributed by atoms with Crippen LogP contribution in [0.4, 0.5) is 10.6 Å². The van der Waals surface area contributed by atoms with E-state index in [9.17, 15) is 4.79 Å². The monoisotopic (exact) mass is 207 g/mol. The summed E-state index contributed by atoms with van der Waals surface area (Å²) in [5, 5.41) is 9.85. The number of nitrogens with one attached hydrogen (secondary N) is 2. The molecule has 0 aliphatic heterocycles. The molecule has 1 rings (SSSR count). The van der Waals surface area contributed by atoms with Crippen molar-refractivity contribution in [2.24, 2.45) is 5.73 Å². The molecule has 0 aliphatic carbocycles. The van der Waals surface area contributed by atoms with E-state index in [1.807, 2.05) is 0 Å². The maximum absolute atomic E-state index is 11.5. The maximum Gasteiger partial charge on any atom is 0.330 e. The SMILES string of the molecule is CCNC(=O)N(C(=N)N)c1ccccn1. The molecule has 6 heteroatoms. The Morgan fingerprint density at radius 2 is 2.40 bits per heavy atom. The summed E-state index contributed by atoms with van der Waals surface area (Å²) in [4.78, 5) is 16.5. The minimum Gasteiger partial charge on any atom is -0.369 e. The van der Waals surface area contributed by atoms with Gasteiger partial charge in [-0.25, -0.2) is 14.7 Å². The third kappa shape index (κ3) is 2.67. The van der Waals surface area contributed by atoms with Crippen molar-refractivity contribution in [3.8, 4) is 0 Å². The lowest BCUT2D eigenvalue weighted by atomic mass is 10.4. The zero-order valence-electron chi connectivity index (χ0n) is 8.40. The topological polar surface area (TPSA) is 95.1 Å². The third-order valence-electron chi connectivity index (χ3n) is 1.65. The zero-order valence-corrected chi connectivity index (χ0v) is 8.40. The van der Waals surface area contributed by atoms with Gasteiger partial charge in [-0.1, -0.05) is 6.07 Å². The molecule has 2 amide bonds. The fourth-order valence-corrected chi connectivity index (χ4v) is 1.05. The number of carbonyl (C=O) groups excluding carboxylic acids is 1. The van der Waals surface area contributed by atoms with E-state index in [0.717, 1.165) is 4.90 Å². The molecule has 0 aromatic carbocycles. The summed E-state index contributed by atoms with van der Waals surface area (Å²) in [7, 11) is 0. The van der Waals surface area contributed by atoms with E-state index in [1.54, 1.807) is 25.1 Å². The summed E-state index contributed by atoms with van der Waals surface area (Å²) in [6, 6.07) is 4.59. The van der Waals surface area contributed by atoms with Crippen molar-refractivity contribution in [1.82, 2.24) is 10.3 Å². The first-order valence-corrected chi connectivity index (χ1v) is 4.49. The van der Waals surface area contributed by atoms with Gasteiger partial charge in [-0.3, -0.25) is 5.41 Å². The maximum atomic E-state index is 11.5. The van der Waals surface area contributed by atoms with Gasteiger partial charge in [0.05, 0.1) is 0 Å². The summed E-state index contributed by atoms with van der Waals surface area (Å²) in [6.45, 7) is 2.25. The van der Waals surface area contributed by atoms with Gasteiger partial charge in [0.2, 0.25) is 5.96 Å². The molecule has 0 aliphatic rings. The number of nitrogens with zero attached hydrogens (tertiary/aromatic N) is 2. The molecule has 0 bridgehead atoms. The van der Waals surface area contributed by atoms with Gasteiger partial charge in [-0.2, -0.15) is 0 Å². The van der Waals surface area contributed by atoms with E-state index in [4.69, 9.17) is 11.1 Å². The highest BCUT2D eigenvalue weighted by Gasteiger charge is 2.18. The molecule has 0 atom stereocenters. The van der Waals surface area contributed by atoms with Crippen LogP contribution in [0.15, 0.2) is 24.4 Å². The molecule has 0 fully saturated rings. The Kier molecular flexibility index (Phi) is 3.61. The van der Waals surface area contributed by atoms with Crippen molar-refractivity contribution in [2.45, 2.75) is 6.92 Å². The van der Waals surface area contributed by atoms with Crippen LogP contribution in [-0.4, -0.2) is 23.5 Å². The molecule has 1 aromatic rings. The van der Waals surface area contributed by atoms with Gasteiger partial charge in [0.15, 0.2) is 0 Å². The second-order valence-corrected chi connectivity index (χ2v) is 2.74. The molecule has 80 valence electrons. The predicted molar refractivity (Wildman–Crippen MR) is 57.7 cm³/mol. The van der Waals surface area contributed by atoms with Gasteiger partial charge >= 0.3 is 6.03 Å². The highest BCUT2D eigenvalue weighted by Crippen LogP contribution is 2.08. The van der Waals surface area contributed by atoms with Crippen LogP contribution >= 0.6 is 0 Å². The van der Waals surface area contributed by atoms with Gasteiger partial charge in [0.1, 0.15) is 5.82 Å². The first-order valence-electron chi connectivity index (χ1n) is 4.49. The molecular formula is C9H13N5O. The number of hydrogen-bond acceptors (Lipinski definition) is 3. The second kappa shape index (κ2) is 4.94. The van der Waals surface area contributed by atoms with Crippen molar-refractivity contribution < 1.29 is 4.79 Å². The Bertz CT molecular complexity index is 351. The van der Waals surface area contributed by atoms with Gasteiger partial charge in [-0.05, 0) is 19.1 Å². The zero-order chi connectivity index (χ0) is 11.3. The van der Waals surface area contributed by atoms with Crippen LogP contribution in [0.5, 0.6) is 0 Å². The fraction of sp³-hybridized carbons (Fsp3) is 0.222. The van der Waals surface area contributed by atoms with Crippen molar-refractivity contribution in [3.05, 3.63) is 24.4 Å². The second-order valence-electron chi connectivity index (χ2n) is 2.74. The molecule has 1 aromatic heterocycles. The number of urea groups is 1. The Labute approximate surface area is 87.6 Å². The summed E-state index contributed by atoms with van der Waals surface area (Å²) < 4.78 is 0. The van der Waals surface area contributed by atoms with Crippen LogP contribution < -0.4 is 16.0 Å². The van der Waals surface area contributed by atoms with Crippen LogP contribution in [0.3, 0.4) is 0 Å². The molecule has 1 heterocycles. The Balaban J connectivity index is 2.94. The van der Waals surface area contributed by atoms with Crippen LogP contribution in [-0.2, 0) is 0 Å². The van der Waals surface area contributed by atoms with E-state index in [1.165, 1.54) is 6.20 Å². The number of pyridine rings is 1. The summed E-state index contributed by atoms with van der Waals surface area (Å²) in [5.41, 5.74) is 5.31. The molecule has 0 radical (unpaired) electrons. The van der Waals surface area contributed by atoms with Gasteiger partial charge < -0.3 is 11.1 Å². The van der Waals surface area contributed by atoms with Crippen molar-refractivity contribution >= 4 is 17.8 Å². The molecule has 6 nitrogen and oxygen atoms in total. The third-order valence-corrected chi connectivity index (χ3v) is 1.65. The first kappa shape index (κ1) is 11.0. The van der Waals surface area contributed by atoms with E-state index >= 15 is 0 Å². The van der Waals surface area contributed by atoms with Crippen LogP contribution in [0.1, 0.15) is 6.92 Å². The molecule has 0 spiro atoms. The van der Waals surface area contributed by atoms with Crippen molar-refractivity contribution in [2.75, 3.05) is 11.4 Å². The number of nitrogens with two attached hydrogens (primary N) is 1. The Hall–Kier alpha value is -2.11. The van der Waals surface area contributed by atoms with Crippen LogP contribution in [0.2, 0.25) is 0 Å². The Morgan fingerprint density at radius 3 is 2.87 bits per heavy atom. The van der Waals surface area contributed by atoms with Crippen LogP contribution in [0, 0.1) is 5.41 Å². The average Bonchev–Trinajstić information content (AvgIpc) is 2.19. The average molecular weight is 207 g/mol. The largest absolute Gasteiger partial charge is 0.369 e. The quantitative estimate of drug-likeness (QED) is 0.487. The van der Waals surface area contributed by atoms with Crippen molar-refractivity contribution in [3.63, 3.8) is 0 Å². The Morgan fingerprint density at radius 1 is 1.67 bits per heavy atom. The summed E-state index contributed by atoms with van der Waals surface area (Å²) >= 11 is 0. The van der Waals surface area contributed by atoms with E-state index in [2.05, 4.69) is 10.3 Å². The normalized spacial score (nSPS) is 9.40. The smallest absolute Gasteiger partial charge is 0.330 e. The number of hydrogen-bond donors (Lipinski definition) is 3. The number of amides is 2. The fourth-order valence-electron chi connectivity index (χ4n) is 1.05. The summed E-state index contributed by atoms with van der Waals surface area (Å²) in [6.07, 6.45) is 1.53. The van der Waals surface area contributed by atoms with E-state index in [0.29, 0.717) is 12.4 Å². The minimum atomic E-state index is -0.455. The van der Waals surface area contributed by atoms with E-state index < -0.39 is 6.03 Å². The molecule has 0 saturated heterocycles.